The molecule has 0 aromatic carbocycles. The molecule has 0 fully saturated rings. The van der Waals surface area contributed by atoms with Gasteiger partial charge in [-0.1, -0.05) is 6.58 Å². The van der Waals surface area contributed by atoms with Gasteiger partial charge in [-0.05, 0) is 32.5 Å². The SMILES string of the molecule is C=C(OC)[C@H](CCSC)N(C)C. The van der Waals surface area contributed by atoms with Crippen LogP contribution in [0, 0.1) is 0 Å². The summed E-state index contributed by atoms with van der Waals surface area (Å²) in [6, 6.07) is 0.349. The van der Waals surface area contributed by atoms with E-state index >= 15 is 0 Å². The van der Waals surface area contributed by atoms with Crippen LogP contribution < -0.4 is 0 Å². The first-order chi connectivity index (χ1) is 5.63. The number of ether oxygens (including phenoxy) is 1. The van der Waals surface area contributed by atoms with Crippen molar-refractivity contribution < 1.29 is 4.74 Å². The van der Waals surface area contributed by atoms with Crippen molar-refractivity contribution in [2.45, 2.75) is 12.5 Å². The van der Waals surface area contributed by atoms with Gasteiger partial charge in [0.1, 0.15) is 5.76 Å². The van der Waals surface area contributed by atoms with Gasteiger partial charge in [-0.2, -0.15) is 11.8 Å². The summed E-state index contributed by atoms with van der Waals surface area (Å²) < 4.78 is 5.13. The number of methoxy groups -OCH3 is 1. The zero-order valence-electron chi connectivity index (χ0n) is 8.46. The minimum absolute atomic E-state index is 0.349. The predicted octanol–water partition coefficient (Wildman–Crippen LogP) is 1.83. The van der Waals surface area contributed by atoms with Gasteiger partial charge in [0, 0.05) is 0 Å². The fourth-order valence-electron chi connectivity index (χ4n) is 1.07. The lowest BCUT2D eigenvalue weighted by Crippen LogP contribution is -2.30. The standard InChI is InChI=1S/C9H19NOS/c1-8(11-4)9(10(2)3)6-7-12-5/h9H,1,6-7H2,2-5H3/t9-/m0/s1. The second-order valence-corrected chi connectivity index (χ2v) is 3.92. The molecule has 0 N–H and O–H groups in total. The second kappa shape index (κ2) is 6.38. The van der Waals surface area contributed by atoms with Crippen molar-refractivity contribution in [3.63, 3.8) is 0 Å². The molecule has 0 amide bonds. The van der Waals surface area contributed by atoms with E-state index in [1.54, 1.807) is 7.11 Å². The van der Waals surface area contributed by atoms with Gasteiger partial charge in [-0.3, -0.25) is 4.90 Å². The molecule has 2 nitrogen and oxygen atoms in total. The molecule has 0 radical (unpaired) electrons. The number of nitrogens with zero attached hydrogens (tertiary/aromatic N) is 1. The fourth-order valence-corrected chi connectivity index (χ4v) is 1.53. The zero-order chi connectivity index (χ0) is 9.56. The third-order valence-electron chi connectivity index (χ3n) is 1.85. The van der Waals surface area contributed by atoms with Crippen LogP contribution in [0.15, 0.2) is 12.3 Å². The van der Waals surface area contributed by atoms with Gasteiger partial charge >= 0.3 is 0 Å². The Morgan fingerprint density at radius 2 is 2.17 bits per heavy atom. The van der Waals surface area contributed by atoms with E-state index in [0.29, 0.717) is 6.04 Å². The molecule has 0 rings (SSSR count). The smallest absolute Gasteiger partial charge is 0.106 e. The summed E-state index contributed by atoms with van der Waals surface area (Å²) in [4.78, 5) is 2.14. The average Bonchev–Trinajstić information content (AvgIpc) is 2.04. The molecule has 3 heteroatoms. The van der Waals surface area contributed by atoms with Gasteiger partial charge in [0.15, 0.2) is 0 Å². The van der Waals surface area contributed by atoms with Crippen LogP contribution in [0.2, 0.25) is 0 Å². The maximum atomic E-state index is 5.13. The molecule has 12 heavy (non-hydrogen) atoms. The van der Waals surface area contributed by atoms with Crippen molar-refractivity contribution in [2.24, 2.45) is 0 Å². The molecule has 0 unspecified atom stereocenters. The highest BCUT2D eigenvalue weighted by Crippen LogP contribution is 2.12. The van der Waals surface area contributed by atoms with Crippen LogP contribution in [0.25, 0.3) is 0 Å². The Balaban J connectivity index is 3.95. The third-order valence-corrected chi connectivity index (χ3v) is 2.50. The maximum Gasteiger partial charge on any atom is 0.106 e. The Labute approximate surface area is 80.0 Å². The van der Waals surface area contributed by atoms with Crippen LogP contribution in [-0.4, -0.2) is 44.2 Å². The Morgan fingerprint density at radius 3 is 2.50 bits per heavy atom. The zero-order valence-corrected chi connectivity index (χ0v) is 9.28. The molecule has 0 spiro atoms. The number of likely N-dealkylation sites (N-methyl/N-ethyl adjacent to an activating group) is 1. The first kappa shape index (κ1) is 11.8. The van der Waals surface area contributed by atoms with Gasteiger partial charge in [0.05, 0.1) is 13.2 Å². The van der Waals surface area contributed by atoms with Crippen LogP contribution in [0.5, 0.6) is 0 Å². The molecule has 72 valence electrons. The van der Waals surface area contributed by atoms with Crippen molar-refractivity contribution >= 4 is 11.8 Å². The number of thioether (sulfide) groups is 1. The van der Waals surface area contributed by atoms with Crippen molar-refractivity contribution in [1.29, 1.82) is 0 Å². The van der Waals surface area contributed by atoms with E-state index in [-0.39, 0.29) is 0 Å². The molecule has 0 heterocycles. The van der Waals surface area contributed by atoms with E-state index < -0.39 is 0 Å². The van der Waals surface area contributed by atoms with Gasteiger partial charge in [-0.15, -0.1) is 0 Å². The minimum atomic E-state index is 0.349. The van der Waals surface area contributed by atoms with E-state index in [4.69, 9.17) is 4.74 Å². The second-order valence-electron chi connectivity index (χ2n) is 2.93. The van der Waals surface area contributed by atoms with Crippen molar-refractivity contribution in [1.82, 2.24) is 4.90 Å². The molecule has 0 aliphatic carbocycles. The lowest BCUT2D eigenvalue weighted by atomic mass is 10.2. The molecule has 0 saturated carbocycles. The molecule has 0 aliphatic rings. The van der Waals surface area contributed by atoms with Crippen molar-refractivity contribution in [2.75, 3.05) is 33.2 Å². The quantitative estimate of drug-likeness (QED) is 0.592. The van der Waals surface area contributed by atoms with E-state index in [1.807, 2.05) is 11.8 Å². The summed E-state index contributed by atoms with van der Waals surface area (Å²) in [6.45, 7) is 3.87. The maximum absolute atomic E-state index is 5.13. The highest BCUT2D eigenvalue weighted by Gasteiger charge is 2.14. The van der Waals surface area contributed by atoms with E-state index in [1.165, 1.54) is 0 Å². The van der Waals surface area contributed by atoms with Gasteiger partial charge < -0.3 is 4.74 Å². The summed E-state index contributed by atoms with van der Waals surface area (Å²) in [7, 11) is 5.78. The molecule has 0 saturated heterocycles. The average molecular weight is 189 g/mol. The molecule has 0 aromatic rings. The third kappa shape index (κ3) is 4.02. The Bertz CT molecular complexity index is 136. The van der Waals surface area contributed by atoms with E-state index in [0.717, 1.165) is 17.9 Å². The number of hydrogen-bond donors (Lipinski definition) is 0. The predicted molar refractivity (Wildman–Crippen MR) is 56.6 cm³/mol. The summed E-state index contributed by atoms with van der Waals surface area (Å²) in [5.41, 5.74) is 0. The Morgan fingerprint density at radius 1 is 1.58 bits per heavy atom. The molecule has 0 aromatic heterocycles. The lowest BCUT2D eigenvalue weighted by Gasteiger charge is -2.24. The minimum Gasteiger partial charge on any atom is -0.500 e. The van der Waals surface area contributed by atoms with Crippen LogP contribution in [0.1, 0.15) is 6.42 Å². The van der Waals surface area contributed by atoms with Crippen LogP contribution in [0.3, 0.4) is 0 Å². The molecule has 1 atom stereocenters. The van der Waals surface area contributed by atoms with Gasteiger partial charge in [0.25, 0.3) is 0 Å². The Kier molecular flexibility index (Phi) is 6.30. The van der Waals surface area contributed by atoms with E-state index in [9.17, 15) is 0 Å². The summed E-state index contributed by atoms with van der Waals surface area (Å²) in [5.74, 6) is 2.00. The fraction of sp³-hybridized carbons (Fsp3) is 0.778. The van der Waals surface area contributed by atoms with E-state index in [2.05, 4.69) is 31.8 Å². The molecular formula is C9H19NOS. The highest BCUT2D eigenvalue weighted by atomic mass is 32.2. The Hall–Kier alpha value is -0.150. The summed E-state index contributed by atoms with van der Waals surface area (Å²) in [5, 5.41) is 0. The topological polar surface area (TPSA) is 12.5 Å². The van der Waals surface area contributed by atoms with Crippen molar-refractivity contribution in [3.8, 4) is 0 Å². The lowest BCUT2D eigenvalue weighted by molar-refractivity contribution is 0.194. The summed E-state index contributed by atoms with van der Waals surface area (Å²) >= 11 is 1.85. The molecule has 0 bridgehead atoms. The monoisotopic (exact) mass is 189 g/mol. The summed E-state index contributed by atoms with van der Waals surface area (Å²) in [6.07, 6.45) is 3.21. The normalized spacial score (nSPS) is 13.1. The number of rotatable bonds is 6. The number of hydrogen-bond acceptors (Lipinski definition) is 3. The van der Waals surface area contributed by atoms with Crippen molar-refractivity contribution in [3.05, 3.63) is 12.3 Å². The van der Waals surface area contributed by atoms with Crippen LogP contribution in [-0.2, 0) is 4.74 Å². The molecular weight excluding hydrogens is 170 g/mol. The van der Waals surface area contributed by atoms with Gasteiger partial charge in [0.2, 0.25) is 0 Å². The van der Waals surface area contributed by atoms with Crippen LogP contribution in [0.4, 0.5) is 0 Å². The highest BCUT2D eigenvalue weighted by molar-refractivity contribution is 7.98. The van der Waals surface area contributed by atoms with Crippen LogP contribution >= 0.6 is 11.8 Å². The molecule has 0 aliphatic heterocycles. The first-order valence-electron chi connectivity index (χ1n) is 4.01. The largest absolute Gasteiger partial charge is 0.500 e. The van der Waals surface area contributed by atoms with Gasteiger partial charge in [-0.25, -0.2) is 0 Å². The first-order valence-corrected chi connectivity index (χ1v) is 5.41.